The van der Waals surface area contributed by atoms with Crippen LogP contribution in [0.15, 0.2) is 0 Å². The maximum Gasteiger partial charge on any atom is 0.171 e. The Labute approximate surface area is 112 Å². The van der Waals surface area contributed by atoms with E-state index in [4.69, 9.17) is 5.73 Å². The molecule has 2 aliphatic carbocycles. The zero-order chi connectivity index (χ0) is 12.7. The molecule has 2 aliphatic rings. The quantitative estimate of drug-likeness (QED) is 0.814. The first-order valence-electron chi connectivity index (χ1n) is 6.86. The van der Waals surface area contributed by atoms with Crippen molar-refractivity contribution >= 4 is 27.8 Å². The van der Waals surface area contributed by atoms with Gasteiger partial charge in [-0.25, -0.2) is 0 Å². The molecule has 2 saturated carbocycles. The van der Waals surface area contributed by atoms with Gasteiger partial charge < -0.3 is 11.1 Å². The number of thiophene rings is 1. The predicted molar refractivity (Wildman–Crippen MR) is 76.6 cm³/mol. The van der Waals surface area contributed by atoms with E-state index in [9.17, 15) is 4.79 Å². The Balaban J connectivity index is 1.91. The Morgan fingerprint density at radius 2 is 1.94 bits per heavy atom. The van der Waals surface area contributed by atoms with Gasteiger partial charge in [0.2, 0.25) is 0 Å². The summed E-state index contributed by atoms with van der Waals surface area (Å²) < 4.78 is 0. The number of nitrogens with one attached hydrogen (secondary N) is 1. The van der Waals surface area contributed by atoms with Crippen LogP contribution in [0.25, 0.3) is 0 Å². The summed E-state index contributed by atoms with van der Waals surface area (Å²) >= 11 is 1.56. The van der Waals surface area contributed by atoms with Gasteiger partial charge in [-0.05, 0) is 31.6 Å². The molecular weight excluding hydrogens is 244 g/mol. The van der Waals surface area contributed by atoms with Crippen LogP contribution in [0.1, 0.15) is 66.6 Å². The van der Waals surface area contributed by atoms with Crippen LogP contribution in [0.3, 0.4) is 0 Å². The molecular formula is C14H20N2OS. The molecule has 1 aromatic rings. The van der Waals surface area contributed by atoms with Gasteiger partial charge in [-0.3, -0.25) is 4.79 Å². The third-order valence-corrected chi connectivity index (χ3v) is 5.23. The molecule has 2 fully saturated rings. The molecule has 0 atom stereocenters. The molecule has 0 spiro atoms. The van der Waals surface area contributed by atoms with Crippen molar-refractivity contribution in [3.8, 4) is 0 Å². The van der Waals surface area contributed by atoms with Gasteiger partial charge in [0.15, 0.2) is 5.78 Å². The van der Waals surface area contributed by atoms with Crippen molar-refractivity contribution in [2.45, 2.75) is 57.4 Å². The van der Waals surface area contributed by atoms with Gasteiger partial charge in [-0.15, -0.1) is 11.3 Å². The highest BCUT2D eigenvalue weighted by Crippen LogP contribution is 2.51. The normalized spacial score (nSPS) is 20.3. The average molecular weight is 264 g/mol. The van der Waals surface area contributed by atoms with E-state index in [1.807, 2.05) is 0 Å². The Morgan fingerprint density at radius 1 is 1.28 bits per heavy atom. The number of carbonyl (C=O) groups is 1. The second-order valence-electron chi connectivity index (χ2n) is 5.54. The molecule has 3 rings (SSSR count). The molecule has 3 N–H and O–H groups in total. The highest BCUT2D eigenvalue weighted by atomic mass is 32.1. The minimum Gasteiger partial charge on any atom is -0.397 e. The van der Waals surface area contributed by atoms with Crippen LogP contribution in [0.5, 0.6) is 0 Å². The van der Waals surface area contributed by atoms with E-state index in [0.29, 0.717) is 12.0 Å². The number of hydrogen-bond donors (Lipinski definition) is 2. The van der Waals surface area contributed by atoms with Gasteiger partial charge in [-0.2, -0.15) is 0 Å². The smallest absolute Gasteiger partial charge is 0.171 e. The molecule has 1 aromatic heterocycles. The zero-order valence-corrected chi connectivity index (χ0v) is 11.6. The molecule has 4 heteroatoms. The fourth-order valence-corrected chi connectivity index (χ4v) is 4.04. The fourth-order valence-electron chi connectivity index (χ4n) is 2.86. The first-order valence-corrected chi connectivity index (χ1v) is 7.68. The fraction of sp³-hybridized carbons (Fsp3) is 0.643. The molecule has 3 nitrogen and oxygen atoms in total. The van der Waals surface area contributed by atoms with E-state index < -0.39 is 0 Å². The molecule has 0 radical (unpaired) electrons. The van der Waals surface area contributed by atoms with Crippen molar-refractivity contribution in [3.05, 3.63) is 10.4 Å². The van der Waals surface area contributed by atoms with Gasteiger partial charge >= 0.3 is 0 Å². The number of nitrogens with two attached hydrogens (primary N) is 1. The summed E-state index contributed by atoms with van der Waals surface area (Å²) in [6.07, 6.45) is 7.57. The largest absolute Gasteiger partial charge is 0.397 e. The second-order valence-corrected chi connectivity index (χ2v) is 6.56. The molecule has 18 heavy (non-hydrogen) atoms. The van der Waals surface area contributed by atoms with Crippen LogP contribution in [0.2, 0.25) is 0 Å². The number of hydrogen-bond acceptors (Lipinski definition) is 4. The van der Waals surface area contributed by atoms with Crippen molar-refractivity contribution in [2.24, 2.45) is 0 Å². The molecule has 0 bridgehead atoms. The number of nitrogen functional groups attached to an aromatic ring is 1. The number of Topliss-reactive ketones (excluding diaryl/α,β-unsaturated/α-hetero) is 1. The maximum atomic E-state index is 11.6. The second kappa shape index (κ2) is 4.57. The predicted octanol–water partition coefficient (Wildman–Crippen LogP) is 3.76. The average Bonchev–Trinajstić information content (AvgIpc) is 2.91. The number of anilines is 2. The van der Waals surface area contributed by atoms with E-state index in [2.05, 4.69) is 5.32 Å². The topological polar surface area (TPSA) is 55.1 Å². The van der Waals surface area contributed by atoms with Crippen molar-refractivity contribution < 1.29 is 4.79 Å². The lowest BCUT2D eigenvalue weighted by Gasteiger charge is -2.13. The first kappa shape index (κ1) is 12.0. The van der Waals surface area contributed by atoms with E-state index in [-0.39, 0.29) is 5.78 Å². The third kappa shape index (κ3) is 2.14. The SMILES string of the molecule is CC(=O)c1sc(NC2CCCC2)c(C2CC2)c1N. The molecule has 0 aliphatic heterocycles. The third-order valence-electron chi connectivity index (χ3n) is 3.98. The van der Waals surface area contributed by atoms with Crippen LogP contribution >= 0.6 is 11.3 Å². The van der Waals surface area contributed by atoms with E-state index in [1.54, 1.807) is 18.3 Å². The lowest BCUT2D eigenvalue weighted by Crippen LogP contribution is -2.14. The van der Waals surface area contributed by atoms with Gasteiger partial charge in [0.1, 0.15) is 0 Å². The summed E-state index contributed by atoms with van der Waals surface area (Å²) in [5, 5.41) is 4.81. The van der Waals surface area contributed by atoms with E-state index in [1.165, 1.54) is 49.1 Å². The minimum absolute atomic E-state index is 0.0962. The molecule has 0 saturated heterocycles. The number of ketones is 1. The standard InChI is InChI=1S/C14H20N2OS/c1-8(17)13-12(15)11(9-6-7-9)14(18-13)16-10-4-2-3-5-10/h9-10,16H,2-7,15H2,1H3. The van der Waals surface area contributed by atoms with Crippen LogP contribution in [0.4, 0.5) is 10.7 Å². The molecule has 0 aromatic carbocycles. The van der Waals surface area contributed by atoms with Crippen molar-refractivity contribution in [2.75, 3.05) is 11.1 Å². The van der Waals surface area contributed by atoms with Crippen molar-refractivity contribution in [1.82, 2.24) is 0 Å². The van der Waals surface area contributed by atoms with Gasteiger partial charge in [0.25, 0.3) is 0 Å². The lowest BCUT2D eigenvalue weighted by atomic mass is 10.1. The number of rotatable bonds is 4. The van der Waals surface area contributed by atoms with Crippen LogP contribution in [0, 0.1) is 0 Å². The Morgan fingerprint density at radius 3 is 2.50 bits per heavy atom. The first-order chi connectivity index (χ1) is 8.66. The Bertz CT molecular complexity index is 470. The maximum absolute atomic E-state index is 11.6. The molecule has 98 valence electrons. The highest BCUT2D eigenvalue weighted by Gasteiger charge is 2.33. The number of carbonyl (C=O) groups excluding carboxylic acids is 1. The molecule has 0 amide bonds. The molecule has 0 unspecified atom stereocenters. The van der Waals surface area contributed by atoms with Crippen LogP contribution in [-0.2, 0) is 0 Å². The zero-order valence-electron chi connectivity index (χ0n) is 10.8. The summed E-state index contributed by atoms with van der Waals surface area (Å²) in [6, 6.07) is 0.584. The summed E-state index contributed by atoms with van der Waals surface area (Å²) in [5.41, 5.74) is 8.15. The van der Waals surface area contributed by atoms with Gasteiger partial charge in [-0.1, -0.05) is 12.8 Å². The lowest BCUT2D eigenvalue weighted by molar-refractivity contribution is 0.102. The Hall–Kier alpha value is -1.03. The van der Waals surface area contributed by atoms with E-state index >= 15 is 0 Å². The highest BCUT2D eigenvalue weighted by molar-refractivity contribution is 7.18. The summed E-state index contributed by atoms with van der Waals surface area (Å²) in [5.74, 6) is 0.692. The van der Waals surface area contributed by atoms with E-state index in [0.717, 1.165) is 10.6 Å². The monoisotopic (exact) mass is 264 g/mol. The summed E-state index contributed by atoms with van der Waals surface area (Å²) in [7, 11) is 0. The Kier molecular flexibility index (Phi) is 3.06. The summed E-state index contributed by atoms with van der Waals surface area (Å²) in [4.78, 5) is 12.4. The summed E-state index contributed by atoms with van der Waals surface area (Å²) in [6.45, 7) is 1.61. The van der Waals surface area contributed by atoms with Crippen molar-refractivity contribution in [3.63, 3.8) is 0 Å². The van der Waals surface area contributed by atoms with Crippen molar-refractivity contribution in [1.29, 1.82) is 0 Å². The molecule has 1 heterocycles. The van der Waals surface area contributed by atoms with Crippen LogP contribution in [-0.4, -0.2) is 11.8 Å². The van der Waals surface area contributed by atoms with Gasteiger partial charge in [0.05, 0.1) is 15.6 Å². The van der Waals surface area contributed by atoms with Crippen LogP contribution < -0.4 is 11.1 Å². The minimum atomic E-state index is 0.0962. The van der Waals surface area contributed by atoms with Gasteiger partial charge in [0, 0.05) is 18.5 Å².